The average molecular weight is 324 g/mol. The van der Waals surface area contributed by atoms with Crippen LogP contribution in [0.25, 0.3) is 0 Å². The lowest BCUT2D eigenvalue weighted by Crippen LogP contribution is -2.47. The van der Waals surface area contributed by atoms with E-state index in [0.717, 1.165) is 19.4 Å². The fourth-order valence-corrected chi connectivity index (χ4v) is 3.84. The summed E-state index contributed by atoms with van der Waals surface area (Å²) >= 11 is 1.67. The number of nitrogens with one attached hydrogen (secondary N) is 2. The summed E-state index contributed by atoms with van der Waals surface area (Å²) in [6, 6.07) is 0.492. The van der Waals surface area contributed by atoms with Crippen molar-refractivity contribution in [3.63, 3.8) is 0 Å². The zero-order valence-corrected chi connectivity index (χ0v) is 14.7. The third kappa shape index (κ3) is 6.30. The molecule has 2 N–H and O–H groups in total. The van der Waals surface area contributed by atoms with Gasteiger partial charge >= 0.3 is 0 Å². The van der Waals surface area contributed by atoms with E-state index in [9.17, 15) is 8.42 Å². The largest absolute Gasteiger partial charge is 0.314 e. The molecule has 1 rings (SSSR count). The van der Waals surface area contributed by atoms with Crippen LogP contribution >= 0.6 is 11.8 Å². The van der Waals surface area contributed by atoms with E-state index in [-0.39, 0.29) is 0 Å². The molecule has 0 radical (unpaired) electrons. The molecule has 20 heavy (non-hydrogen) atoms. The Morgan fingerprint density at radius 2 is 1.85 bits per heavy atom. The van der Waals surface area contributed by atoms with Crippen molar-refractivity contribution in [2.24, 2.45) is 5.92 Å². The van der Waals surface area contributed by atoms with Crippen molar-refractivity contribution >= 4 is 22.0 Å². The number of hydrogen-bond donors (Lipinski definition) is 2. The first kappa shape index (κ1) is 18.2. The maximum absolute atomic E-state index is 12.2. The van der Waals surface area contributed by atoms with Gasteiger partial charge in [-0.25, -0.2) is 4.72 Å². The second-order valence-electron chi connectivity index (χ2n) is 5.81. The van der Waals surface area contributed by atoms with Crippen molar-refractivity contribution in [1.82, 2.24) is 14.3 Å². The van der Waals surface area contributed by atoms with E-state index in [2.05, 4.69) is 23.9 Å². The van der Waals surface area contributed by atoms with Gasteiger partial charge in [-0.1, -0.05) is 20.8 Å². The average Bonchev–Trinajstić information content (AvgIpc) is 2.43. The molecule has 0 bridgehead atoms. The Morgan fingerprint density at radius 3 is 2.35 bits per heavy atom. The van der Waals surface area contributed by atoms with E-state index in [1.54, 1.807) is 16.1 Å². The molecule has 7 heteroatoms. The number of piperidine rings is 1. The van der Waals surface area contributed by atoms with Gasteiger partial charge < -0.3 is 5.32 Å². The molecule has 1 fully saturated rings. The third-order valence-corrected chi connectivity index (χ3v) is 6.23. The number of rotatable bonds is 8. The summed E-state index contributed by atoms with van der Waals surface area (Å²) in [6.07, 6.45) is 3.88. The lowest BCUT2D eigenvalue weighted by molar-refractivity contribution is 0.261. The minimum absolute atomic E-state index is 0.303. The van der Waals surface area contributed by atoms with E-state index in [0.29, 0.717) is 36.8 Å². The van der Waals surface area contributed by atoms with Gasteiger partial charge in [0.1, 0.15) is 0 Å². The van der Waals surface area contributed by atoms with Crippen molar-refractivity contribution in [1.29, 1.82) is 0 Å². The first-order valence-corrected chi connectivity index (χ1v) is 10.1. The van der Waals surface area contributed by atoms with Crippen LogP contribution < -0.4 is 10.0 Å². The smallest absolute Gasteiger partial charge is 0.279 e. The first-order valence-electron chi connectivity index (χ1n) is 7.36. The van der Waals surface area contributed by atoms with E-state index >= 15 is 0 Å². The molecule has 1 saturated heterocycles. The molecule has 0 aromatic heterocycles. The highest BCUT2D eigenvalue weighted by Crippen LogP contribution is 2.18. The molecule has 0 spiro atoms. The third-order valence-electron chi connectivity index (χ3n) is 3.68. The molecule has 0 amide bonds. The monoisotopic (exact) mass is 323 g/mol. The Kier molecular flexibility index (Phi) is 7.82. The fourth-order valence-electron chi connectivity index (χ4n) is 2.15. The SMILES string of the molecule is CSC(C)CNS(=O)(=O)N1CCC(CNC(C)C)CC1. The molecule has 1 unspecified atom stereocenters. The van der Waals surface area contributed by atoms with Crippen molar-refractivity contribution in [2.75, 3.05) is 32.4 Å². The molecular weight excluding hydrogens is 294 g/mol. The van der Waals surface area contributed by atoms with Crippen LogP contribution in [-0.2, 0) is 10.2 Å². The topological polar surface area (TPSA) is 61.4 Å². The molecule has 1 aliphatic rings. The first-order chi connectivity index (χ1) is 9.35. The zero-order chi connectivity index (χ0) is 15.2. The maximum atomic E-state index is 12.2. The molecule has 1 aliphatic heterocycles. The second kappa shape index (κ2) is 8.58. The lowest BCUT2D eigenvalue weighted by atomic mass is 9.98. The normalized spacial score (nSPS) is 20.4. The van der Waals surface area contributed by atoms with Gasteiger partial charge in [-0.05, 0) is 31.6 Å². The minimum Gasteiger partial charge on any atom is -0.314 e. The lowest BCUT2D eigenvalue weighted by Gasteiger charge is -2.31. The van der Waals surface area contributed by atoms with Gasteiger partial charge in [0.2, 0.25) is 0 Å². The van der Waals surface area contributed by atoms with Gasteiger partial charge in [0.25, 0.3) is 10.2 Å². The van der Waals surface area contributed by atoms with Crippen LogP contribution in [0, 0.1) is 5.92 Å². The quantitative estimate of drug-likeness (QED) is 0.706. The van der Waals surface area contributed by atoms with Crippen LogP contribution in [0.15, 0.2) is 0 Å². The van der Waals surface area contributed by atoms with E-state index < -0.39 is 10.2 Å². The summed E-state index contributed by atoms with van der Waals surface area (Å²) in [5.74, 6) is 0.592. The van der Waals surface area contributed by atoms with Crippen LogP contribution in [0.5, 0.6) is 0 Å². The minimum atomic E-state index is -3.29. The Morgan fingerprint density at radius 1 is 1.25 bits per heavy atom. The van der Waals surface area contributed by atoms with Gasteiger partial charge in [0.15, 0.2) is 0 Å². The van der Waals surface area contributed by atoms with Crippen LogP contribution in [-0.4, -0.2) is 56.4 Å². The Labute approximate surface area is 128 Å². The van der Waals surface area contributed by atoms with Gasteiger partial charge in [-0.15, -0.1) is 0 Å². The highest BCUT2D eigenvalue weighted by Gasteiger charge is 2.27. The van der Waals surface area contributed by atoms with Crippen LogP contribution in [0.1, 0.15) is 33.6 Å². The van der Waals surface area contributed by atoms with Crippen molar-refractivity contribution in [2.45, 2.75) is 44.9 Å². The summed E-state index contributed by atoms with van der Waals surface area (Å²) in [5, 5.41) is 3.73. The predicted molar refractivity (Wildman–Crippen MR) is 87.3 cm³/mol. The van der Waals surface area contributed by atoms with Crippen molar-refractivity contribution in [3.8, 4) is 0 Å². The second-order valence-corrected chi connectivity index (χ2v) is 8.84. The molecule has 0 aromatic rings. The number of hydrogen-bond acceptors (Lipinski definition) is 4. The molecule has 0 saturated carbocycles. The van der Waals surface area contributed by atoms with E-state index in [1.807, 2.05) is 13.2 Å². The maximum Gasteiger partial charge on any atom is 0.279 e. The summed E-state index contributed by atoms with van der Waals surface area (Å²) in [7, 11) is -3.29. The molecule has 0 aliphatic carbocycles. The standard InChI is InChI=1S/C13H29N3O2S2/c1-11(2)14-10-13-5-7-16(8-6-13)20(17,18)15-9-12(3)19-4/h11-15H,5-10H2,1-4H3. The van der Waals surface area contributed by atoms with Crippen molar-refractivity contribution < 1.29 is 8.42 Å². The highest BCUT2D eigenvalue weighted by molar-refractivity contribution is 7.99. The van der Waals surface area contributed by atoms with Crippen LogP contribution in [0.3, 0.4) is 0 Å². The van der Waals surface area contributed by atoms with Crippen LogP contribution in [0.2, 0.25) is 0 Å². The zero-order valence-electron chi connectivity index (χ0n) is 13.1. The van der Waals surface area contributed by atoms with Gasteiger partial charge in [0.05, 0.1) is 0 Å². The Hall–Kier alpha value is 0.180. The Balaban J connectivity index is 2.36. The summed E-state index contributed by atoms with van der Waals surface area (Å²) < 4.78 is 28.6. The number of nitrogens with zero attached hydrogens (tertiary/aromatic N) is 1. The fraction of sp³-hybridized carbons (Fsp3) is 1.00. The molecular formula is C13H29N3O2S2. The summed E-state index contributed by atoms with van der Waals surface area (Å²) in [4.78, 5) is 0. The Bertz CT molecular complexity index is 366. The molecule has 5 nitrogen and oxygen atoms in total. The van der Waals surface area contributed by atoms with Gasteiger partial charge in [-0.3, -0.25) is 0 Å². The molecule has 0 aromatic carbocycles. The number of thioether (sulfide) groups is 1. The summed E-state index contributed by atoms with van der Waals surface area (Å²) in [6.45, 7) is 9.05. The van der Waals surface area contributed by atoms with Crippen molar-refractivity contribution in [3.05, 3.63) is 0 Å². The van der Waals surface area contributed by atoms with Gasteiger partial charge in [0, 0.05) is 30.9 Å². The van der Waals surface area contributed by atoms with Gasteiger partial charge in [-0.2, -0.15) is 24.5 Å². The highest BCUT2D eigenvalue weighted by atomic mass is 32.2. The summed E-state index contributed by atoms with van der Waals surface area (Å²) in [5.41, 5.74) is 0. The van der Waals surface area contributed by atoms with Crippen LogP contribution in [0.4, 0.5) is 0 Å². The van der Waals surface area contributed by atoms with E-state index in [1.165, 1.54) is 0 Å². The molecule has 120 valence electrons. The van der Waals surface area contributed by atoms with E-state index in [4.69, 9.17) is 0 Å². The molecule has 1 atom stereocenters. The molecule has 1 heterocycles. The predicted octanol–water partition coefficient (Wildman–Crippen LogP) is 1.28.